The van der Waals surface area contributed by atoms with Crippen molar-refractivity contribution in [1.29, 1.82) is 0 Å². The molecule has 0 spiro atoms. The summed E-state index contributed by atoms with van der Waals surface area (Å²) in [6.07, 6.45) is 6.79. The molecule has 0 amide bonds. The summed E-state index contributed by atoms with van der Waals surface area (Å²) in [5.41, 5.74) is 24.9. The third-order valence-corrected chi connectivity index (χ3v) is 14.1. The van der Waals surface area contributed by atoms with E-state index in [1.54, 1.807) is 0 Å². The molecule has 0 bridgehead atoms. The molecule has 1 heterocycles. The average molecular weight is 847 g/mol. The largest absolute Gasteiger partial charge is 0.313 e. The van der Waals surface area contributed by atoms with E-state index >= 15 is 0 Å². The first-order valence-electron chi connectivity index (χ1n) is 23.3. The van der Waals surface area contributed by atoms with Crippen LogP contribution in [0, 0.1) is 6.92 Å². The van der Waals surface area contributed by atoms with Gasteiger partial charge in [-0.1, -0.05) is 177 Å². The molecular formula is C64H50N2. The lowest BCUT2D eigenvalue weighted by Gasteiger charge is -2.27. The van der Waals surface area contributed by atoms with Crippen molar-refractivity contribution in [2.75, 3.05) is 4.90 Å². The maximum Gasteiger partial charge on any atom is 0.0541 e. The second-order valence-corrected chi connectivity index (χ2v) is 18.6. The van der Waals surface area contributed by atoms with Gasteiger partial charge in [-0.25, -0.2) is 0 Å². The summed E-state index contributed by atoms with van der Waals surface area (Å²) in [5.74, 6) is 0. The Bertz CT molecular complexity index is 3410. The Balaban J connectivity index is 0.907. The minimum Gasteiger partial charge on any atom is -0.313 e. The van der Waals surface area contributed by atoms with Crippen LogP contribution in [0.25, 0.3) is 78.3 Å². The highest BCUT2D eigenvalue weighted by Gasteiger charge is 2.37. The Hall–Kier alpha value is -7.94. The monoisotopic (exact) mass is 846 g/mol. The second-order valence-electron chi connectivity index (χ2n) is 18.6. The van der Waals surface area contributed by atoms with Gasteiger partial charge in [0.2, 0.25) is 0 Å². The fourth-order valence-electron chi connectivity index (χ4n) is 10.7. The van der Waals surface area contributed by atoms with E-state index in [0.717, 1.165) is 29.9 Å². The Labute approximate surface area is 388 Å². The van der Waals surface area contributed by atoms with E-state index in [1.807, 2.05) is 0 Å². The van der Waals surface area contributed by atoms with Crippen LogP contribution in [0.2, 0.25) is 0 Å². The maximum atomic E-state index is 2.54. The second kappa shape index (κ2) is 15.9. The summed E-state index contributed by atoms with van der Waals surface area (Å²) in [4.78, 5) is 2.39. The van der Waals surface area contributed by atoms with Crippen molar-refractivity contribution in [3.8, 4) is 61.3 Å². The zero-order valence-electron chi connectivity index (χ0n) is 37.7. The molecule has 2 aliphatic rings. The van der Waals surface area contributed by atoms with Gasteiger partial charge in [-0.2, -0.15) is 0 Å². The topological polar surface area (TPSA) is 8.17 Å². The molecule has 0 saturated carbocycles. The van der Waals surface area contributed by atoms with Gasteiger partial charge in [-0.15, -0.1) is 0 Å². The van der Waals surface area contributed by atoms with Crippen LogP contribution in [0.3, 0.4) is 0 Å². The molecule has 0 radical (unpaired) electrons. The normalized spacial score (nSPS) is 13.3. The van der Waals surface area contributed by atoms with Crippen molar-refractivity contribution in [3.05, 3.63) is 246 Å². The van der Waals surface area contributed by atoms with Crippen LogP contribution >= 0.6 is 0 Å². The Morgan fingerprint density at radius 3 is 1.55 bits per heavy atom. The van der Waals surface area contributed by atoms with Gasteiger partial charge < -0.3 is 9.47 Å². The van der Waals surface area contributed by atoms with Crippen LogP contribution in [0.15, 0.2) is 218 Å². The minimum atomic E-state index is -0.0639. The number of allylic oxidation sites excluding steroid dienone is 1. The van der Waals surface area contributed by atoms with Gasteiger partial charge in [0.05, 0.1) is 5.52 Å². The number of anilines is 3. The smallest absolute Gasteiger partial charge is 0.0541 e. The summed E-state index contributed by atoms with van der Waals surface area (Å²) < 4.78 is 2.54. The van der Waals surface area contributed by atoms with Gasteiger partial charge >= 0.3 is 0 Å². The van der Waals surface area contributed by atoms with E-state index in [2.05, 4.69) is 255 Å². The number of aromatic nitrogens is 1. The third-order valence-electron chi connectivity index (χ3n) is 14.1. The van der Waals surface area contributed by atoms with Crippen molar-refractivity contribution >= 4 is 34.0 Å². The van der Waals surface area contributed by atoms with Crippen molar-refractivity contribution in [3.63, 3.8) is 0 Å². The Morgan fingerprint density at radius 1 is 0.439 bits per heavy atom. The highest BCUT2D eigenvalue weighted by Crippen LogP contribution is 2.51. The molecule has 2 aliphatic carbocycles. The third kappa shape index (κ3) is 6.80. The van der Waals surface area contributed by atoms with Crippen molar-refractivity contribution < 1.29 is 0 Å². The number of aryl methyl sites for hydroxylation is 1. The zero-order valence-corrected chi connectivity index (χ0v) is 37.7. The average Bonchev–Trinajstić information content (AvgIpc) is 3.81. The molecular weight excluding hydrogens is 797 g/mol. The first kappa shape index (κ1) is 39.6. The van der Waals surface area contributed by atoms with Crippen LogP contribution in [-0.2, 0) is 11.8 Å². The summed E-state index contributed by atoms with van der Waals surface area (Å²) in [6, 6.07) is 78.3. The molecule has 2 nitrogen and oxygen atoms in total. The Kier molecular flexibility index (Phi) is 9.57. The standard InChI is InChI=1S/C64H50N2/c1-43-30-35-60-57(36-43)58-41-59-56-28-10-11-29-62(56)66(63(59)42-61(58)64(60,2)3)52-33-31-46(32-34-52)47-20-12-21-48(37-47)51-24-15-27-55(40-51)65(53-25-13-22-49(38-53)44-16-6-4-7-17-44)54-26-14-23-50(39-54)45-18-8-5-9-19-45/h4-10,12-28,30-42H,11,29H2,1-3H3. The summed E-state index contributed by atoms with van der Waals surface area (Å²) >= 11 is 0. The molecule has 12 rings (SSSR count). The number of hydrogen-bond acceptors (Lipinski definition) is 1. The van der Waals surface area contributed by atoms with Crippen LogP contribution < -0.4 is 4.90 Å². The van der Waals surface area contributed by atoms with Gasteiger partial charge in [-0.05, 0) is 153 Å². The van der Waals surface area contributed by atoms with Crippen molar-refractivity contribution in [2.24, 2.45) is 0 Å². The first-order chi connectivity index (χ1) is 32.4. The molecule has 0 fully saturated rings. The van der Waals surface area contributed by atoms with E-state index in [1.165, 1.54) is 100 Å². The number of fused-ring (bicyclic) bond motifs is 6. The fraction of sp³-hybridized carbons (Fsp3) is 0.0938. The molecule has 0 saturated heterocycles. The van der Waals surface area contributed by atoms with E-state index in [4.69, 9.17) is 0 Å². The van der Waals surface area contributed by atoms with Crippen molar-refractivity contribution in [1.82, 2.24) is 4.57 Å². The van der Waals surface area contributed by atoms with Crippen molar-refractivity contribution in [2.45, 2.75) is 39.0 Å². The molecule has 0 unspecified atom stereocenters. The van der Waals surface area contributed by atoms with Gasteiger partial charge in [0.15, 0.2) is 0 Å². The van der Waals surface area contributed by atoms with Gasteiger partial charge in [0, 0.05) is 44.8 Å². The molecule has 10 aromatic rings. The fourth-order valence-corrected chi connectivity index (χ4v) is 10.7. The number of benzene rings is 9. The molecule has 316 valence electrons. The minimum absolute atomic E-state index is 0.0639. The summed E-state index contributed by atoms with van der Waals surface area (Å²) in [5, 5.41) is 1.34. The van der Waals surface area contributed by atoms with Crippen LogP contribution in [-0.4, -0.2) is 4.57 Å². The molecule has 1 aromatic heterocycles. The molecule has 0 N–H and O–H groups in total. The van der Waals surface area contributed by atoms with Gasteiger partial charge in [0.25, 0.3) is 0 Å². The maximum absolute atomic E-state index is 2.54. The SMILES string of the molecule is Cc1ccc2c(c1)-c1cc3c4c(n(-c5ccc(-c6cccc(-c7cccc(N(c8cccc(-c9ccccc9)c8)c8cccc(-c9ccccc9)c8)c7)c6)cc5)c3cc1C2(C)C)CCC=C4. The summed E-state index contributed by atoms with van der Waals surface area (Å²) in [7, 11) is 0. The van der Waals surface area contributed by atoms with E-state index in [-0.39, 0.29) is 5.41 Å². The number of rotatable bonds is 8. The molecule has 9 aromatic carbocycles. The predicted molar refractivity (Wildman–Crippen MR) is 279 cm³/mol. The predicted octanol–water partition coefficient (Wildman–Crippen LogP) is 17.3. The molecule has 0 atom stereocenters. The first-order valence-corrected chi connectivity index (χ1v) is 23.3. The molecule has 0 aliphatic heterocycles. The van der Waals surface area contributed by atoms with E-state index < -0.39 is 0 Å². The molecule has 2 heteroatoms. The lowest BCUT2D eigenvalue weighted by atomic mass is 9.82. The quantitative estimate of drug-likeness (QED) is 0.148. The summed E-state index contributed by atoms with van der Waals surface area (Å²) in [6.45, 7) is 6.98. The van der Waals surface area contributed by atoms with Gasteiger partial charge in [-0.3, -0.25) is 0 Å². The Morgan fingerprint density at radius 2 is 0.939 bits per heavy atom. The lowest BCUT2D eigenvalue weighted by Crippen LogP contribution is -2.15. The zero-order chi connectivity index (χ0) is 44.4. The molecule has 66 heavy (non-hydrogen) atoms. The van der Waals surface area contributed by atoms with Crippen LogP contribution in [0.5, 0.6) is 0 Å². The van der Waals surface area contributed by atoms with Gasteiger partial charge in [0.1, 0.15) is 0 Å². The highest BCUT2D eigenvalue weighted by atomic mass is 15.1. The van der Waals surface area contributed by atoms with E-state index in [0.29, 0.717) is 0 Å². The van der Waals surface area contributed by atoms with Crippen LogP contribution in [0.4, 0.5) is 17.1 Å². The number of hydrogen-bond donors (Lipinski definition) is 0. The van der Waals surface area contributed by atoms with E-state index in [9.17, 15) is 0 Å². The van der Waals surface area contributed by atoms with Crippen LogP contribution in [0.1, 0.15) is 48.2 Å². The lowest BCUT2D eigenvalue weighted by molar-refractivity contribution is 0.660. The highest BCUT2D eigenvalue weighted by molar-refractivity contribution is 5.99. The number of nitrogens with zero attached hydrogens (tertiary/aromatic N) is 2.